The van der Waals surface area contributed by atoms with Crippen LogP contribution in [0.1, 0.15) is 5.56 Å². The second-order valence-electron chi connectivity index (χ2n) is 4.44. The molecule has 0 aliphatic carbocycles. The Morgan fingerprint density at radius 2 is 1.84 bits per heavy atom. The monoisotopic (exact) mass is 268 g/mol. The first-order valence-corrected chi connectivity index (χ1v) is 7.16. The van der Waals surface area contributed by atoms with E-state index in [0.717, 1.165) is 6.54 Å². The van der Waals surface area contributed by atoms with E-state index in [-0.39, 0.29) is 0 Å². The molecular weight excluding hydrogens is 252 g/mol. The highest BCUT2D eigenvalue weighted by Crippen LogP contribution is 2.34. The van der Waals surface area contributed by atoms with Crippen LogP contribution in [-0.2, 0) is 6.54 Å². The molecular formula is C16H16N2S. The lowest BCUT2D eigenvalue weighted by Crippen LogP contribution is -2.05. The van der Waals surface area contributed by atoms with Gasteiger partial charge < -0.3 is 10.3 Å². The number of hydrogen-bond acceptors (Lipinski definition) is 2. The van der Waals surface area contributed by atoms with E-state index in [2.05, 4.69) is 58.8 Å². The second-order valence-corrected chi connectivity index (χ2v) is 5.52. The first-order chi connectivity index (χ1) is 9.38. The lowest BCUT2D eigenvalue weighted by atomic mass is 10.2. The van der Waals surface area contributed by atoms with Gasteiger partial charge in [0, 0.05) is 27.9 Å². The van der Waals surface area contributed by atoms with Crippen molar-refractivity contribution < 1.29 is 0 Å². The van der Waals surface area contributed by atoms with E-state index < -0.39 is 0 Å². The van der Waals surface area contributed by atoms with E-state index >= 15 is 0 Å². The summed E-state index contributed by atoms with van der Waals surface area (Å²) < 4.78 is 0. The van der Waals surface area contributed by atoms with E-state index in [1.54, 1.807) is 0 Å². The summed E-state index contributed by atoms with van der Waals surface area (Å²) in [5.41, 5.74) is 2.55. The van der Waals surface area contributed by atoms with Gasteiger partial charge in [-0.1, -0.05) is 42.1 Å². The number of nitrogens with one attached hydrogen (secondary N) is 2. The molecule has 0 saturated heterocycles. The molecule has 3 heteroatoms. The number of H-pyrrole nitrogens is 1. The van der Waals surface area contributed by atoms with Gasteiger partial charge in [0.2, 0.25) is 0 Å². The summed E-state index contributed by atoms with van der Waals surface area (Å²) in [4.78, 5) is 5.90. The number of aromatic amines is 1. The molecule has 0 saturated carbocycles. The second kappa shape index (κ2) is 5.51. The van der Waals surface area contributed by atoms with Gasteiger partial charge in [0.1, 0.15) is 0 Å². The van der Waals surface area contributed by atoms with Crippen molar-refractivity contribution in [1.82, 2.24) is 10.3 Å². The average Bonchev–Trinajstić information content (AvgIpc) is 2.91. The molecule has 0 bridgehead atoms. The Bertz CT molecular complexity index is 688. The number of aromatic nitrogens is 1. The molecule has 0 radical (unpaired) electrons. The number of benzene rings is 2. The Morgan fingerprint density at radius 1 is 1.00 bits per heavy atom. The normalized spacial score (nSPS) is 11.0. The molecule has 2 aromatic carbocycles. The maximum absolute atomic E-state index is 3.32. The van der Waals surface area contributed by atoms with E-state index in [1.165, 1.54) is 26.3 Å². The molecule has 0 aliphatic rings. The van der Waals surface area contributed by atoms with Crippen LogP contribution >= 0.6 is 11.8 Å². The predicted octanol–water partition coefficient (Wildman–Crippen LogP) is 4.04. The van der Waals surface area contributed by atoms with Gasteiger partial charge in [0.15, 0.2) is 0 Å². The van der Waals surface area contributed by atoms with Crippen LogP contribution in [0.4, 0.5) is 0 Å². The number of rotatable bonds is 4. The molecule has 96 valence electrons. The summed E-state index contributed by atoms with van der Waals surface area (Å²) in [5.74, 6) is 0. The fourth-order valence-electron chi connectivity index (χ4n) is 2.20. The van der Waals surface area contributed by atoms with Crippen LogP contribution in [0.5, 0.6) is 0 Å². The van der Waals surface area contributed by atoms with Gasteiger partial charge in [-0.2, -0.15) is 0 Å². The molecule has 2 N–H and O–H groups in total. The first kappa shape index (κ1) is 12.3. The SMILES string of the molecule is CNCc1ccccc1Sc1cccc2cc[nH]c12. The highest BCUT2D eigenvalue weighted by Gasteiger charge is 2.06. The van der Waals surface area contributed by atoms with Gasteiger partial charge in [0.25, 0.3) is 0 Å². The quantitative estimate of drug-likeness (QED) is 0.747. The highest BCUT2D eigenvalue weighted by molar-refractivity contribution is 7.99. The summed E-state index contributed by atoms with van der Waals surface area (Å²) in [6.45, 7) is 0.893. The summed E-state index contributed by atoms with van der Waals surface area (Å²) in [7, 11) is 1.98. The zero-order valence-electron chi connectivity index (χ0n) is 10.8. The van der Waals surface area contributed by atoms with Crippen LogP contribution in [0.25, 0.3) is 10.9 Å². The van der Waals surface area contributed by atoms with E-state index in [4.69, 9.17) is 0 Å². The molecule has 0 aliphatic heterocycles. The third-order valence-electron chi connectivity index (χ3n) is 3.11. The molecule has 0 spiro atoms. The topological polar surface area (TPSA) is 27.8 Å². The fraction of sp³-hybridized carbons (Fsp3) is 0.125. The van der Waals surface area contributed by atoms with Crippen molar-refractivity contribution >= 4 is 22.7 Å². The van der Waals surface area contributed by atoms with E-state index in [0.29, 0.717) is 0 Å². The van der Waals surface area contributed by atoms with E-state index in [9.17, 15) is 0 Å². The molecule has 19 heavy (non-hydrogen) atoms. The van der Waals surface area contributed by atoms with Crippen molar-refractivity contribution in [2.75, 3.05) is 7.05 Å². The lowest BCUT2D eigenvalue weighted by Gasteiger charge is -2.09. The molecule has 0 atom stereocenters. The van der Waals surface area contributed by atoms with Crippen molar-refractivity contribution in [2.45, 2.75) is 16.3 Å². The van der Waals surface area contributed by atoms with Gasteiger partial charge in [0.05, 0.1) is 5.52 Å². The van der Waals surface area contributed by atoms with Gasteiger partial charge in [-0.15, -0.1) is 0 Å². The van der Waals surface area contributed by atoms with Gasteiger partial charge >= 0.3 is 0 Å². The van der Waals surface area contributed by atoms with Crippen LogP contribution in [0.15, 0.2) is 64.5 Å². The van der Waals surface area contributed by atoms with Crippen LogP contribution in [0.2, 0.25) is 0 Å². The van der Waals surface area contributed by atoms with Crippen molar-refractivity contribution in [3.63, 3.8) is 0 Å². The van der Waals surface area contributed by atoms with Crippen molar-refractivity contribution in [3.05, 3.63) is 60.3 Å². The smallest absolute Gasteiger partial charge is 0.0595 e. The Morgan fingerprint density at radius 3 is 2.74 bits per heavy atom. The summed E-state index contributed by atoms with van der Waals surface area (Å²) >= 11 is 1.82. The standard InChI is InChI=1S/C16H16N2S/c1-17-11-13-5-2-3-7-14(13)19-15-8-4-6-12-9-10-18-16(12)15/h2-10,17-18H,11H2,1H3. The number of para-hydroxylation sites is 1. The Balaban J connectivity index is 1.99. The first-order valence-electron chi connectivity index (χ1n) is 6.35. The van der Waals surface area contributed by atoms with Crippen LogP contribution in [-0.4, -0.2) is 12.0 Å². The molecule has 1 aromatic heterocycles. The Hall–Kier alpha value is -1.71. The zero-order valence-corrected chi connectivity index (χ0v) is 11.6. The predicted molar refractivity (Wildman–Crippen MR) is 81.6 cm³/mol. The maximum Gasteiger partial charge on any atom is 0.0595 e. The van der Waals surface area contributed by atoms with Crippen LogP contribution in [0.3, 0.4) is 0 Å². The largest absolute Gasteiger partial charge is 0.360 e. The molecule has 1 heterocycles. The minimum Gasteiger partial charge on any atom is -0.360 e. The van der Waals surface area contributed by atoms with Gasteiger partial charge in [-0.25, -0.2) is 0 Å². The molecule has 0 fully saturated rings. The summed E-state index contributed by atoms with van der Waals surface area (Å²) in [6, 6.07) is 17.1. The lowest BCUT2D eigenvalue weighted by molar-refractivity contribution is 0.803. The number of hydrogen-bond donors (Lipinski definition) is 2. The third kappa shape index (κ3) is 2.53. The third-order valence-corrected chi connectivity index (χ3v) is 4.29. The molecule has 2 nitrogen and oxygen atoms in total. The minimum atomic E-state index is 0.893. The van der Waals surface area contributed by atoms with Crippen LogP contribution < -0.4 is 5.32 Å². The molecule has 3 aromatic rings. The molecule has 3 rings (SSSR count). The fourth-order valence-corrected chi connectivity index (χ4v) is 3.28. The van der Waals surface area contributed by atoms with Crippen LogP contribution in [0, 0.1) is 0 Å². The maximum atomic E-state index is 3.32. The molecule has 0 amide bonds. The Labute approximate surface area is 117 Å². The summed E-state index contributed by atoms with van der Waals surface area (Å²) in [6.07, 6.45) is 1.99. The summed E-state index contributed by atoms with van der Waals surface area (Å²) in [5, 5.41) is 4.48. The zero-order chi connectivity index (χ0) is 13.1. The molecule has 0 unspecified atom stereocenters. The van der Waals surface area contributed by atoms with Crippen molar-refractivity contribution in [3.8, 4) is 0 Å². The van der Waals surface area contributed by atoms with Crippen molar-refractivity contribution in [2.24, 2.45) is 0 Å². The van der Waals surface area contributed by atoms with Gasteiger partial charge in [-0.05, 0) is 30.8 Å². The average molecular weight is 268 g/mol. The van der Waals surface area contributed by atoms with Crippen molar-refractivity contribution in [1.29, 1.82) is 0 Å². The van der Waals surface area contributed by atoms with Gasteiger partial charge in [-0.3, -0.25) is 0 Å². The Kier molecular flexibility index (Phi) is 3.58. The highest BCUT2D eigenvalue weighted by atomic mass is 32.2. The minimum absolute atomic E-state index is 0.893. The van der Waals surface area contributed by atoms with E-state index in [1.807, 2.05) is 25.0 Å². The number of fused-ring (bicyclic) bond motifs is 1.